The van der Waals surface area contributed by atoms with Crippen LogP contribution in [0.2, 0.25) is 0 Å². The molecule has 0 bridgehead atoms. The Morgan fingerprint density at radius 3 is 2.48 bits per heavy atom. The van der Waals surface area contributed by atoms with Crippen LogP contribution in [0.3, 0.4) is 0 Å². The van der Waals surface area contributed by atoms with Crippen molar-refractivity contribution in [3.05, 3.63) is 41.3 Å². The number of benzene rings is 1. The number of hydrogen-bond acceptors (Lipinski definition) is 6. The van der Waals surface area contributed by atoms with Crippen molar-refractivity contribution in [1.82, 2.24) is 5.16 Å². The van der Waals surface area contributed by atoms with Crippen LogP contribution >= 0.6 is 0 Å². The minimum Gasteiger partial charge on any atom is -0.465 e. The molecule has 0 N–H and O–H groups in total. The summed E-state index contributed by atoms with van der Waals surface area (Å²) in [5, 5.41) is 3.88. The summed E-state index contributed by atoms with van der Waals surface area (Å²) in [5.41, 5.74) is 2.27. The SMILES string of the molecule is CC.COC(=O)c1ccccc1-c1c(C)noc1COC(C)=O. The third-order valence-corrected chi connectivity index (χ3v) is 2.94. The van der Waals surface area contributed by atoms with Gasteiger partial charge in [0.1, 0.15) is 0 Å². The predicted molar refractivity (Wildman–Crippen MR) is 84.8 cm³/mol. The maximum Gasteiger partial charge on any atom is 0.338 e. The summed E-state index contributed by atoms with van der Waals surface area (Å²) in [7, 11) is 1.32. The van der Waals surface area contributed by atoms with Crippen molar-refractivity contribution in [3.63, 3.8) is 0 Å². The normalized spacial score (nSPS) is 9.61. The van der Waals surface area contributed by atoms with E-state index in [1.54, 1.807) is 31.2 Å². The Labute approximate surface area is 135 Å². The fourth-order valence-corrected chi connectivity index (χ4v) is 2.02. The number of aryl methyl sites for hydroxylation is 1. The first-order valence-electron chi connectivity index (χ1n) is 7.30. The zero-order valence-corrected chi connectivity index (χ0v) is 14.0. The fourth-order valence-electron chi connectivity index (χ4n) is 2.02. The molecule has 0 saturated heterocycles. The highest BCUT2D eigenvalue weighted by atomic mass is 16.5. The quantitative estimate of drug-likeness (QED) is 0.802. The van der Waals surface area contributed by atoms with Crippen molar-refractivity contribution in [2.45, 2.75) is 34.3 Å². The molecule has 1 aromatic heterocycles. The summed E-state index contributed by atoms with van der Waals surface area (Å²) in [5.74, 6) is -0.486. The third-order valence-electron chi connectivity index (χ3n) is 2.94. The smallest absolute Gasteiger partial charge is 0.338 e. The fraction of sp³-hybridized carbons (Fsp3) is 0.353. The Bertz CT molecular complexity index is 675. The maximum absolute atomic E-state index is 11.9. The van der Waals surface area contributed by atoms with Gasteiger partial charge in [-0.1, -0.05) is 37.2 Å². The monoisotopic (exact) mass is 319 g/mol. The van der Waals surface area contributed by atoms with Crippen LogP contribution in [0.4, 0.5) is 0 Å². The second-order valence-corrected chi connectivity index (χ2v) is 4.38. The molecule has 23 heavy (non-hydrogen) atoms. The molecular weight excluding hydrogens is 298 g/mol. The Morgan fingerprint density at radius 1 is 1.22 bits per heavy atom. The van der Waals surface area contributed by atoms with Crippen LogP contribution in [0, 0.1) is 6.92 Å². The molecule has 6 heteroatoms. The summed E-state index contributed by atoms with van der Waals surface area (Å²) in [6.07, 6.45) is 0. The second kappa shape index (κ2) is 8.73. The van der Waals surface area contributed by atoms with Gasteiger partial charge in [-0.05, 0) is 13.0 Å². The number of carbonyl (C=O) groups is 2. The van der Waals surface area contributed by atoms with Gasteiger partial charge in [0, 0.05) is 12.5 Å². The maximum atomic E-state index is 11.9. The minimum atomic E-state index is -0.454. The molecule has 0 saturated carbocycles. The molecule has 1 aromatic carbocycles. The Morgan fingerprint density at radius 2 is 1.87 bits per heavy atom. The molecule has 0 fully saturated rings. The van der Waals surface area contributed by atoms with Crippen LogP contribution in [0.25, 0.3) is 11.1 Å². The van der Waals surface area contributed by atoms with Gasteiger partial charge in [-0.25, -0.2) is 4.79 Å². The highest BCUT2D eigenvalue weighted by Gasteiger charge is 2.21. The molecule has 6 nitrogen and oxygen atoms in total. The lowest BCUT2D eigenvalue weighted by atomic mass is 9.98. The van der Waals surface area contributed by atoms with E-state index in [1.807, 2.05) is 13.8 Å². The summed E-state index contributed by atoms with van der Waals surface area (Å²) < 4.78 is 14.9. The molecule has 0 amide bonds. The van der Waals surface area contributed by atoms with E-state index in [1.165, 1.54) is 14.0 Å². The first kappa shape index (κ1) is 18.4. The molecule has 1 heterocycles. The van der Waals surface area contributed by atoms with E-state index >= 15 is 0 Å². The van der Waals surface area contributed by atoms with Gasteiger partial charge in [0.25, 0.3) is 0 Å². The lowest BCUT2D eigenvalue weighted by molar-refractivity contribution is -0.142. The van der Waals surface area contributed by atoms with E-state index in [9.17, 15) is 9.59 Å². The van der Waals surface area contributed by atoms with Gasteiger partial charge in [0.15, 0.2) is 12.4 Å². The summed E-state index contributed by atoms with van der Waals surface area (Å²) in [6, 6.07) is 6.96. The highest BCUT2D eigenvalue weighted by Crippen LogP contribution is 2.31. The van der Waals surface area contributed by atoms with Crippen molar-refractivity contribution in [1.29, 1.82) is 0 Å². The zero-order chi connectivity index (χ0) is 17.4. The molecule has 0 aliphatic rings. The van der Waals surface area contributed by atoms with Crippen LogP contribution < -0.4 is 0 Å². The van der Waals surface area contributed by atoms with Gasteiger partial charge in [0.05, 0.1) is 23.9 Å². The van der Waals surface area contributed by atoms with Gasteiger partial charge in [-0.3, -0.25) is 4.79 Å². The second-order valence-electron chi connectivity index (χ2n) is 4.38. The van der Waals surface area contributed by atoms with Crippen LogP contribution in [-0.4, -0.2) is 24.2 Å². The van der Waals surface area contributed by atoms with Gasteiger partial charge in [0.2, 0.25) is 0 Å². The lowest BCUT2D eigenvalue weighted by Gasteiger charge is -2.08. The Kier molecular flexibility index (Phi) is 6.99. The number of aromatic nitrogens is 1. The van der Waals surface area contributed by atoms with Crippen molar-refractivity contribution < 1.29 is 23.6 Å². The molecule has 0 unspecified atom stereocenters. The van der Waals surface area contributed by atoms with E-state index in [0.29, 0.717) is 28.1 Å². The molecule has 0 radical (unpaired) electrons. The van der Waals surface area contributed by atoms with E-state index in [2.05, 4.69) is 5.16 Å². The highest BCUT2D eigenvalue weighted by molar-refractivity contribution is 5.97. The molecular formula is C17H21NO5. The van der Waals surface area contributed by atoms with Gasteiger partial charge < -0.3 is 14.0 Å². The summed E-state index contributed by atoms with van der Waals surface area (Å²) >= 11 is 0. The van der Waals surface area contributed by atoms with Crippen molar-refractivity contribution in [3.8, 4) is 11.1 Å². The standard InChI is InChI=1S/C15H15NO5.C2H6/c1-9-14(13(21-16-9)8-20-10(2)17)11-6-4-5-7-12(11)15(18)19-3;1-2/h4-7H,8H2,1-3H3;1-2H3. The van der Waals surface area contributed by atoms with E-state index < -0.39 is 11.9 Å². The predicted octanol–water partition coefficient (Wildman–Crippen LogP) is 3.53. The van der Waals surface area contributed by atoms with Crippen molar-refractivity contribution in [2.24, 2.45) is 0 Å². The largest absolute Gasteiger partial charge is 0.465 e. The Hall–Kier alpha value is -2.63. The molecule has 0 aliphatic heterocycles. The van der Waals surface area contributed by atoms with Crippen molar-refractivity contribution in [2.75, 3.05) is 7.11 Å². The number of carbonyl (C=O) groups excluding carboxylic acids is 2. The average Bonchev–Trinajstić information content (AvgIpc) is 2.94. The van der Waals surface area contributed by atoms with E-state index in [4.69, 9.17) is 14.0 Å². The van der Waals surface area contributed by atoms with Gasteiger partial charge >= 0.3 is 11.9 Å². The average molecular weight is 319 g/mol. The minimum absolute atomic E-state index is 0.0407. The van der Waals surface area contributed by atoms with Crippen molar-refractivity contribution >= 4 is 11.9 Å². The number of hydrogen-bond donors (Lipinski definition) is 0. The van der Waals surface area contributed by atoms with Crippen LogP contribution in [0.5, 0.6) is 0 Å². The summed E-state index contributed by atoms with van der Waals surface area (Å²) in [6.45, 7) is 7.02. The van der Waals surface area contributed by atoms with Crippen LogP contribution in [-0.2, 0) is 20.9 Å². The molecule has 2 aromatic rings. The van der Waals surface area contributed by atoms with E-state index in [-0.39, 0.29) is 6.61 Å². The van der Waals surface area contributed by atoms with Gasteiger partial charge in [-0.2, -0.15) is 0 Å². The van der Waals surface area contributed by atoms with Crippen LogP contribution in [0.1, 0.15) is 42.6 Å². The number of rotatable bonds is 4. The third kappa shape index (κ3) is 4.42. The number of nitrogens with zero attached hydrogens (tertiary/aromatic N) is 1. The number of ether oxygens (including phenoxy) is 2. The first-order valence-corrected chi connectivity index (χ1v) is 7.30. The Balaban J connectivity index is 0.00000127. The molecule has 124 valence electrons. The topological polar surface area (TPSA) is 78.6 Å². The zero-order valence-electron chi connectivity index (χ0n) is 14.0. The molecule has 2 rings (SSSR count). The van der Waals surface area contributed by atoms with Gasteiger partial charge in [-0.15, -0.1) is 0 Å². The molecule has 0 spiro atoms. The molecule has 0 atom stereocenters. The molecule has 0 aliphatic carbocycles. The lowest BCUT2D eigenvalue weighted by Crippen LogP contribution is -2.05. The number of methoxy groups -OCH3 is 1. The first-order chi connectivity index (χ1) is 11.0. The summed E-state index contributed by atoms with van der Waals surface area (Å²) in [4.78, 5) is 22.8. The van der Waals surface area contributed by atoms with E-state index in [0.717, 1.165) is 0 Å². The van der Waals surface area contributed by atoms with Crippen LogP contribution in [0.15, 0.2) is 28.8 Å². The number of esters is 2.